The minimum Gasteiger partial charge on any atom is -0.381 e. The maximum Gasteiger partial charge on any atom is 0.227 e. The number of hydrogen-bond donors (Lipinski definition) is 3. The van der Waals surface area contributed by atoms with Gasteiger partial charge in [0.2, 0.25) is 11.8 Å². The van der Waals surface area contributed by atoms with Crippen LogP contribution in [0.25, 0.3) is 0 Å². The topological polar surface area (TPSA) is 93.5 Å². The van der Waals surface area contributed by atoms with Gasteiger partial charge in [-0.25, -0.2) is 0 Å². The molecule has 0 aromatic rings. The normalized spacial score (nSPS) is 27.6. The van der Waals surface area contributed by atoms with E-state index in [1.165, 1.54) is 0 Å². The van der Waals surface area contributed by atoms with Crippen LogP contribution in [0.3, 0.4) is 0 Å². The Kier molecular flexibility index (Phi) is 3.63. The van der Waals surface area contributed by atoms with E-state index in [0.717, 1.165) is 0 Å². The first-order chi connectivity index (χ1) is 8.16. The van der Waals surface area contributed by atoms with Gasteiger partial charge >= 0.3 is 0 Å². The number of nitrogens with two attached hydrogens (primary N) is 1. The maximum atomic E-state index is 12.2. The van der Waals surface area contributed by atoms with Gasteiger partial charge in [-0.15, -0.1) is 0 Å². The molecular weight excluding hydrogens is 222 g/mol. The molecule has 17 heavy (non-hydrogen) atoms. The minimum absolute atomic E-state index is 0.0101. The van der Waals surface area contributed by atoms with E-state index in [2.05, 4.69) is 10.6 Å². The van der Waals surface area contributed by atoms with Crippen molar-refractivity contribution in [2.24, 2.45) is 11.1 Å². The monoisotopic (exact) mass is 241 g/mol. The van der Waals surface area contributed by atoms with E-state index < -0.39 is 5.41 Å². The third-order valence-corrected chi connectivity index (χ3v) is 3.63. The van der Waals surface area contributed by atoms with Gasteiger partial charge in [0, 0.05) is 32.7 Å². The summed E-state index contributed by atoms with van der Waals surface area (Å²) in [4.78, 5) is 23.3. The van der Waals surface area contributed by atoms with E-state index in [1.54, 1.807) is 0 Å². The van der Waals surface area contributed by atoms with E-state index in [0.29, 0.717) is 45.6 Å². The van der Waals surface area contributed by atoms with Gasteiger partial charge in [0.25, 0.3) is 0 Å². The molecule has 0 radical (unpaired) electrons. The summed E-state index contributed by atoms with van der Waals surface area (Å²) in [6.45, 7) is 2.00. The van der Waals surface area contributed by atoms with Crippen molar-refractivity contribution in [2.75, 3.05) is 26.3 Å². The molecule has 0 aromatic heterocycles. The predicted octanol–water partition coefficient (Wildman–Crippen LogP) is -1.25. The quantitative estimate of drug-likeness (QED) is 0.575. The number of rotatable bonds is 3. The fraction of sp³-hybridized carbons (Fsp3) is 0.818. The molecule has 6 nitrogen and oxygen atoms in total. The Bertz CT molecular complexity index is 313. The Morgan fingerprint density at radius 3 is 2.76 bits per heavy atom. The van der Waals surface area contributed by atoms with E-state index >= 15 is 0 Å². The third kappa shape index (κ3) is 2.58. The number of ether oxygens (including phenoxy) is 1. The average Bonchev–Trinajstić information content (AvgIpc) is 2.75. The lowest BCUT2D eigenvalue weighted by molar-refractivity contribution is -0.136. The second-order valence-electron chi connectivity index (χ2n) is 4.78. The first kappa shape index (κ1) is 12.3. The van der Waals surface area contributed by atoms with E-state index in [1.807, 2.05) is 0 Å². The van der Waals surface area contributed by atoms with Gasteiger partial charge in [0.15, 0.2) is 0 Å². The highest BCUT2D eigenvalue weighted by molar-refractivity contribution is 5.85. The van der Waals surface area contributed by atoms with Crippen molar-refractivity contribution in [2.45, 2.75) is 25.3 Å². The minimum atomic E-state index is -0.510. The number of carbonyl (C=O) groups excluding carboxylic acids is 2. The lowest BCUT2D eigenvalue weighted by atomic mass is 9.79. The summed E-state index contributed by atoms with van der Waals surface area (Å²) in [5.74, 6) is -0.0473. The van der Waals surface area contributed by atoms with Crippen molar-refractivity contribution in [3.8, 4) is 0 Å². The number of nitrogens with one attached hydrogen (secondary N) is 2. The smallest absolute Gasteiger partial charge is 0.227 e. The van der Waals surface area contributed by atoms with Crippen molar-refractivity contribution in [3.63, 3.8) is 0 Å². The van der Waals surface area contributed by atoms with Crippen molar-refractivity contribution < 1.29 is 14.3 Å². The highest BCUT2D eigenvalue weighted by atomic mass is 16.5. The highest BCUT2D eigenvalue weighted by Gasteiger charge is 2.40. The van der Waals surface area contributed by atoms with Gasteiger partial charge in [0.05, 0.1) is 11.5 Å². The molecule has 2 amide bonds. The number of carbonyl (C=O) groups is 2. The Labute approximate surface area is 100 Å². The zero-order valence-electron chi connectivity index (χ0n) is 9.83. The zero-order chi connectivity index (χ0) is 12.3. The Morgan fingerprint density at radius 1 is 1.53 bits per heavy atom. The van der Waals surface area contributed by atoms with Crippen LogP contribution in [0.15, 0.2) is 0 Å². The van der Waals surface area contributed by atoms with Crippen molar-refractivity contribution >= 4 is 11.8 Å². The molecule has 2 fully saturated rings. The van der Waals surface area contributed by atoms with Gasteiger partial charge in [0.1, 0.15) is 0 Å². The molecule has 2 heterocycles. The summed E-state index contributed by atoms with van der Waals surface area (Å²) in [7, 11) is 0. The third-order valence-electron chi connectivity index (χ3n) is 3.63. The molecule has 2 aliphatic rings. The Hall–Kier alpha value is -1.14. The average molecular weight is 241 g/mol. The first-order valence-electron chi connectivity index (χ1n) is 6.02. The van der Waals surface area contributed by atoms with Gasteiger partial charge in [-0.05, 0) is 12.8 Å². The van der Waals surface area contributed by atoms with Crippen LogP contribution in [0.2, 0.25) is 0 Å². The Balaban J connectivity index is 1.95. The van der Waals surface area contributed by atoms with Crippen LogP contribution >= 0.6 is 0 Å². The van der Waals surface area contributed by atoms with Crippen LogP contribution in [0.1, 0.15) is 19.3 Å². The molecular formula is C11H19N3O3. The van der Waals surface area contributed by atoms with E-state index in [4.69, 9.17) is 10.5 Å². The lowest BCUT2D eigenvalue weighted by Gasteiger charge is -2.35. The molecule has 0 aromatic carbocycles. The molecule has 96 valence electrons. The number of amides is 2. The van der Waals surface area contributed by atoms with E-state index in [9.17, 15) is 9.59 Å². The largest absolute Gasteiger partial charge is 0.381 e. The molecule has 0 saturated carbocycles. The molecule has 0 aliphatic carbocycles. The fourth-order valence-corrected chi connectivity index (χ4v) is 2.33. The number of hydrogen-bond acceptors (Lipinski definition) is 4. The highest BCUT2D eigenvalue weighted by Crippen LogP contribution is 2.29. The summed E-state index contributed by atoms with van der Waals surface area (Å²) in [5, 5.41) is 5.61. The zero-order valence-corrected chi connectivity index (χ0v) is 9.83. The molecule has 1 unspecified atom stereocenters. The lowest BCUT2D eigenvalue weighted by Crippen LogP contribution is -2.52. The SMILES string of the molecule is NCC1(C(=O)NC2CNC(=O)C2)CCOCC1. The van der Waals surface area contributed by atoms with Crippen LogP contribution < -0.4 is 16.4 Å². The fourth-order valence-electron chi connectivity index (χ4n) is 2.33. The molecule has 0 spiro atoms. The van der Waals surface area contributed by atoms with Crippen molar-refractivity contribution in [1.82, 2.24) is 10.6 Å². The second kappa shape index (κ2) is 5.01. The van der Waals surface area contributed by atoms with Crippen molar-refractivity contribution in [1.29, 1.82) is 0 Å². The summed E-state index contributed by atoms with van der Waals surface area (Å²) >= 11 is 0. The summed E-state index contributed by atoms with van der Waals surface area (Å²) < 4.78 is 5.26. The van der Waals surface area contributed by atoms with Crippen LogP contribution in [-0.2, 0) is 14.3 Å². The second-order valence-corrected chi connectivity index (χ2v) is 4.78. The maximum absolute atomic E-state index is 12.2. The molecule has 1 atom stereocenters. The van der Waals surface area contributed by atoms with Gasteiger partial charge < -0.3 is 21.1 Å². The van der Waals surface area contributed by atoms with Gasteiger partial charge in [-0.3, -0.25) is 9.59 Å². The van der Waals surface area contributed by atoms with Gasteiger partial charge in [-0.2, -0.15) is 0 Å². The standard InChI is InChI=1S/C11H19N3O3/c12-7-11(1-3-17-4-2-11)10(16)14-8-5-9(15)13-6-8/h8H,1-7,12H2,(H,13,15)(H,14,16). The van der Waals surface area contributed by atoms with Crippen LogP contribution in [0.5, 0.6) is 0 Å². The van der Waals surface area contributed by atoms with Crippen molar-refractivity contribution in [3.05, 3.63) is 0 Å². The Morgan fingerprint density at radius 2 is 2.24 bits per heavy atom. The van der Waals surface area contributed by atoms with Crippen LogP contribution in [0.4, 0.5) is 0 Å². The molecule has 2 aliphatic heterocycles. The van der Waals surface area contributed by atoms with E-state index in [-0.39, 0.29) is 17.9 Å². The summed E-state index contributed by atoms with van der Waals surface area (Å²) in [5.41, 5.74) is 5.23. The summed E-state index contributed by atoms with van der Waals surface area (Å²) in [6.07, 6.45) is 1.68. The molecule has 4 N–H and O–H groups in total. The molecule has 0 bridgehead atoms. The molecule has 2 rings (SSSR count). The molecule has 6 heteroatoms. The predicted molar refractivity (Wildman–Crippen MR) is 61.1 cm³/mol. The van der Waals surface area contributed by atoms with Crippen LogP contribution in [-0.4, -0.2) is 44.2 Å². The van der Waals surface area contributed by atoms with Gasteiger partial charge in [-0.1, -0.05) is 0 Å². The summed E-state index contributed by atoms with van der Waals surface area (Å²) in [6, 6.07) is -0.0960. The molecule has 2 saturated heterocycles. The van der Waals surface area contributed by atoms with Crippen LogP contribution in [0, 0.1) is 5.41 Å². The first-order valence-corrected chi connectivity index (χ1v) is 6.02.